The van der Waals surface area contributed by atoms with Gasteiger partial charge >= 0.3 is 0 Å². The number of rotatable bonds is 3. The van der Waals surface area contributed by atoms with Crippen LogP contribution in [0.5, 0.6) is 0 Å². The third kappa shape index (κ3) is 2.44. The molecule has 1 aromatic heterocycles. The number of nitrogens with zero attached hydrogens (tertiary/aromatic N) is 2. The molecule has 1 aliphatic heterocycles. The number of aryl methyl sites for hydroxylation is 1. The van der Waals surface area contributed by atoms with Gasteiger partial charge in [-0.05, 0) is 12.1 Å². The van der Waals surface area contributed by atoms with Crippen molar-refractivity contribution in [2.24, 2.45) is 7.05 Å². The van der Waals surface area contributed by atoms with E-state index in [4.69, 9.17) is 0 Å². The van der Waals surface area contributed by atoms with Crippen LogP contribution in [0.1, 0.15) is 27.3 Å². The minimum Gasteiger partial charge on any atom is -0.346 e. The Morgan fingerprint density at radius 2 is 2.20 bits per heavy atom. The molecule has 0 fully saturated rings. The van der Waals surface area contributed by atoms with Gasteiger partial charge in [-0.3, -0.25) is 9.48 Å². The van der Waals surface area contributed by atoms with Crippen molar-refractivity contribution < 1.29 is 4.79 Å². The predicted molar refractivity (Wildman–Crippen MR) is 76.2 cm³/mol. The van der Waals surface area contributed by atoms with Crippen LogP contribution < -0.4 is 10.6 Å². The van der Waals surface area contributed by atoms with E-state index in [0.29, 0.717) is 12.1 Å². The van der Waals surface area contributed by atoms with Gasteiger partial charge in [0.25, 0.3) is 5.91 Å². The number of carbonyl (C=O) groups excluding carboxylic acids is 1. The van der Waals surface area contributed by atoms with Crippen LogP contribution in [-0.4, -0.2) is 22.2 Å². The lowest BCUT2D eigenvalue weighted by molar-refractivity contribution is 0.0950. The maximum Gasteiger partial charge on any atom is 0.251 e. The smallest absolute Gasteiger partial charge is 0.251 e. The highest BCUT2D eigenvalue weighted by Crippen LogP contribution is 2.17. The molecule has 1 amide bonds. The van der Waals surface area contributed by atoms with Crippen molar-refractivity contribution in [2.75, 3.05) is 6.54 Å². The first-order chi connectivity index (χ1) is 9.75. The van der Waals surface area contributed by atoms with E-state index in [1.54, 1.807) is 0 Å². The molecule has 0 saturated carbocycles. The molecule has 0 spiro atoms. The Hall–Kier alpha value is -2.14. The SMILES string of the molecule is Cn1nc(CNC(=O)c2ccccc2)c2c1CCNC2. The lowest BCUT2D eigenvalue weighted by Crippen LogP contribution is -2.27. The number of amides is 1. The van der Waals surface area contributed by atoms with Gasteiger partial charge in [0.05, 0.1) is 12.2 Å². The molecule has 0 aliphatic carbocycles. The summed E-state index contributed by atoms with van der Waals surface area (Å²) in [4.78, 5) is 12.0. The van der Waals surface area contributed by atoms with E-state index in [0.717, 1.165) is 25.2 Å². The van der Waals surface area contributed by atoms with Crippen LogP contribution in [0.3, 0.4) is 0 Å². The summed E-state index contributed by atoms with van der Waals surface area (Å²) in [6.07, 6.45) is 0.992. The van der Waals surface area contributed by atoms with E-state index in [-0.39, 0.29) is 5.91 Å². The second-order valence-corrected chi connectivity index (χ2v) is 4.97. The van der Waals surface area contributed by atoms with Crippen molar-refractivity contribution in [3.63, 3.8) is 0 Å². The fraction of sp³-hybridized carbons (Fsp3) is 0.333. The van der Waals surface area contributed by atoms with Crippen molar-refractivity contribution in [1.29, 1.82) is 0 Å². The molecule has 2 heterocycles. The summed E-state index contributed by atoms with van der Waals surface area (Å²) in [6, 6.07) is 9.25. The van der Waals surface area contributed by atoms with Gasteiger partial charge in [0.2, 0.25) is 0 Å². The summed E-state index contributed by atoms with van der Waals surface area (Å²) in [7, 11) is 1.96. The number of benzene rings is 1. The van der Waals surface area contributed by atoms with Crippen molar-refractivity contribution >= 4 is 5.91 Å². The number of hydrogen-bond donors (Lipinski definition) is 2. The Morgan fingerprint density at radius 3 is 3.00 bits per heavy atom. The largest absolute Gasteiger partial charge is 0.346 e. The van der Waals surface area contributed by atoms with Gasteiger partial charge < -0.3 is 10.6 Å². The summed E-state index contributed by atoms with van der Waals surface area (Å²) in [5.41, 5.74) is 4.13. The summed E-state index contributed by atoms with van der Waals surface area (Å²) in [6.45, 7) is 2.29. The number of fused-ring (bicyclic) bond motifs is 1. The van der Waals surface area contributed by atoms with Gasteiger partial charge in [-0.25, -0.2) is 0 Å². The van der Waals surface area contributed by atoms with Gasteiger partial charge in [0.15, 0.2) is 0 Å². The van der Waals surface area contributed by atoms with E-state index in [2.05, 4.69) is 15.7 Å². The van der Waals surface area contributed by atoms with Crippen LogP contribution in [0, 0.1) is 0 Å². The van der Waals surface area contributed by atoms with E-state index < -0.39 is 0 Å². The average Bonchev–Trinajstić information content (AvgIpc) is 2.83. The lowest BCUT2D eigenvalue weighted by atomic mass is 10.1. The molecule has 5 nitrogen and oxygen atoms in total. The first kappa shape index (κ1) is 12.9. The molecule has 5 heteroatoms. The number of hydrogen-bond acceptors (Lipinski definition) is 3. The van der Waals surface area contributed by atoms with Gasteiger partial charge in [0.1, 0.15) is 0 Å². The first-order valence-corrected chi connectivity index (χ1v) is 6.83. The van der Waals surface area contributed by atoms with Crippen LogP contribution >= 0.6 is 0 Å². The first-order valence-electron chi connectivity index (χ1n) is 6.83. The molecule has 0 bridgehead atoms. The molecule has 1 aliphatic rings. The maximum absolute atomic E-state index is 12.0. The van der Waals surface area contributed by atoms with Crippen LogP contribution in [0.25, 0.3) is 0 Å². The highest BCUT2D eigenvalue weighted by molar-refractivity contribution is 5.94. The average molecular weight is 270 g/mol. The van der Waals surface area contributed by atoms with Crippen LogP contribution in [0.2, 0.25) is 0 Å². The fourth-order valence-electron chi connectivity index (χ4n) is 2.60. The molecule has 2 N–H and O–H groups in total. The van der Waals surface area contributed by atoms with Gasteiger partial charge in [-0.15, -0.1) is 0 Å². The molecule has 20 heavy (non-hydrogen) atoms. The molecular weight excluding hydrogens is 252 g/mol. The van der Waals surface area contributed by atoms with Crippen LogP contribution in [0.4, 0.5) is 0 Å². The Kier molecular flexibility index (Phi) is 3.52. The summed E-state index contributed by atoms with van der Waals surface area (Å²) < 4.78 is 1.93. The molecular formula is C15H18N4O. The van der Waals surface area contributed by atoms with E-state index in [9.17, 15) is 4.79 Å². The molecule has 0 atom stereocenters. The quantitative estimate of drug-likeness (QED) is 0.874. The Balaban J connectivity index is 1.71. The van der Waals surface area contributed by atoms with E-state index in [1.807, 2.05) is 42.1 Å². The molecule has 104 valence electrons. The molecule has 1 aromatic carbocycles. The number of carbonyl (C=O) groups is 1. The monoisotopic (exact) mass is 270 g/mol. The zero-order valence-corrected chi connectivity index (χ0v) is 11.5. The minimum atomic E-state index is -0.0613. The zero-order chi connectivity index (χ0) is 13.9. The van der Waals surface area contributed by atoms with Crippen molar-refractivity contribution in [1.82, 2.24) is 20.4 Å². The van der Waals surface area contributed by atoms with Gasteiger partial charge in [-0.1, -0.05) is 18.2 Å². The molecule has 3 rings (SSSR count). The normalized spacial score (nSPS) is 13.8. The molecule has 0 radical (unpaired) electrons. The maximum atomic E-state index is 12.0. The molecule has 2 aromatic rings. The highest BCUT2D eigenvalue weighted by atomic mass is 16.1. The van der Waals surface area contributed by atoms with Crippen molar-refractivity contribution in [3.8, 4) is 0 Å². The Bertz CT molecular complexity index is 618. The standard InChI is InChI=1S/C15H18N4O/c1-19-14-7-8-16-9-12(14)13(18-19)10-17-15(20)11-5-3-2-4-6-11/h2-6,16H,7-10H2,1H3,(H,17,20). The summed E-state index contributed by atoms with van der Waals surface area (Å²) in [5.74, 6) is -0.0613. The third-order valence-corrected chi connectivity index (χ3v) is 3.65. The topological polar surface area (TPSA) is 59.0 Å². The second-order valence-electron chi connectivity index (χ2n) is 4.97. The summed E-state index contributed by atoms with van der Waals surface area (Å²) >= 11 is 0. The number of aromatic nitrogens is 2. The van der Waals surface area contributed by atoms with Crippen molar-refractivity contribution in [2.45, 2.75) is 19.5 Å². The zero-order valence-electron chi connectivity index (χ0n) is 11.5. The second kappa shape index (κ2) is 5.46. The third-order valence-electron chi connectivity index (χ3n) is 3.65. The molecule has 0 saturated heterocycles. The minimum absolute atomic E-state index is 0.0613. The molecule has 0 unspecified atom stereocenters. The Labute approximate surface area is 118 Å². The van der Waals surface area contributed by atoms with E-state index in [1.165, 1.54) is 11.3 Å². The van der Waals surface area contributed by atoms with Crippen LogP contribution in [-0.2, 0) is 26.6 Å². The van der Waals surface area contributed by atoms with Gasteiger partial charge in [-0.2, -0.15) is 5.10 Å². The van der Waals surface area contributed by atoms with Crippen molar-refractivity contribution in [3.05, 3.63) is 52.8 Å². The Morgan fingerprint density at radius 1 is 1.40 bits per heavy atom. The van der Waals surface area contributed by atoms with E-state index >= 15 is 0 Å². The summed E-state index contributed by atoms with van der Waals surface area (Å²) in [5, 5.41) is 10.8. The number of nitrogens with one attached hydrogen (secondary N) is 2. The predicted octanol–water partition coefficient (Wildman–Crippen LogP) is 0.996. The van der Waals surface area contributed by atoms with Crippen LogP contribution in [0.15, 0.2) is 30.3 Å². The fourth-order valence-corrected chi connectivity index (χ4v) is 2.60. The lowest BCUT2D eigenvalue weighted by Gasteiger charge is -2.14. The van der Waals surface area contributed by atoms with Gasteiger partial charge in [0, 0.05) is 43.4 Å². The highest BCUT2D eigenvalue weighted by Gasteiger charge is 2.19.